The number of hydrogen-bond acceptors (Lipinski definition) is 4. The van der Waals surface area contributed by atoms with Crippen molar-refractivity contribution in [3.8, 4) is 5.75 Å². The van der Waals surface area contributed by atoms with Crippen LogP contribution in [-0.4, -0.2) is 30.6 Å². The first kappa shape index (κ1) is 33.9. The molecule has 5 nitrogen and oxygen atoms in total. The van der Waals surface area contributed by atoms with Crippen molar-refractivity contribution in [2.75, 3.05) is 7.11 Å². The number of nitrogens with one attached hydrogen (secondary N) is 1. The van der Waals surface area contributed by atoms with Crippen molar-refractivity contribution in [3.05, 3.63) is 41.1 Å². The fourth-order valence-electron chi connectivity index (χ4n) is 7.18. The van der Waals surface area contributed by atoms with E-state index in [1.807, 2.05) is 60.8 Å². The molecule has 1 aromatic rings. The molecule has 0 aromatic heterocycles. The maximum atomic E-state index is 9.85. The van der Waals surface area contributed by atoms with E-state index in [9.17, 15) is 9.90 Å². The number of amides is 1. The van der Waals surface area contributed by atoms with E-state index < -0.39 is 0 Å². The van der Waals surface area contributed by atoms with E-state index in [0.717, 1.165) is 29.7 Å². The Bertz CT molecular complexity index is 906. The van der Waals surface area contributed by atoms with Gasteiger partial charge in [-0.25, -0.2) is 4.99 Å². The van der Waals surface area contributed by atoms with E-state index in [-0.39, 0.29) is 0 Å². The number of benzene rings is 1. The summed E-state index contributed by atoms with van der Waals surface area (Å²) in [4.78, 5) is 13.8. The van der Waals surface area contributed by atoms with Gasteiger partial charge in [-0.05, 0) is 105 Å². The van der Waals surface area contributed by atoms with Gasteiger partial charge in [0.25, 0.3) is 0 Å². The molecule has 1 amide bonds. The van der Waals surface area contributed by atoms with Crippen LogP contribution in [-0.2, 0) is 16.0 Å². The topological polar surface area (TPSA) is 70.9 Å². The molecule has 216 valence electrons. The predicted octanol–water partition coefficient (Wildman–Crippen LogP) is 8.42. The van der Waals surface area contributed by atoms with E-state index in [1.165, 1.54) is 49.7 Å². The summed E-state index contributed by atoms with van der Waals surface area (Å²) >= 11 is 0. The standard InChI is InChI=1S/C22H32O2.C7H12N2O.2C2H6/c1-4-5-15-13-20(24-3)22(2)11-10-18-17-9-7-16(23)12-14(17)6-8-19(18)21(15)22;1-6(2)4-8-7(3)9-5-10;2*1-2/h7,9,12,15,18-21,23H,4-6,8,10-11,13H2,1-3H3;4-5H,1-3H3,(H,8,9,10);2*1-2H3. The van der Waals surface area contributed by atoms with Gasteiger partial charge in [0.15, 0.2) is 0 Å². The maximum absolute atomic E-state index is 9.85. The molecule has 6 unspecified atom stereocenters. The molecule has 0 radical (unpaired) electrons. The number of fused-ring (bicyclic) bond motifs is 5. The van der Waals surface area contributed by atoms with E-state index >= 15 is 0 Å². The van der Waals surface area contributed by atoms with Crippen LogP contribution in [0.3, 0.4) is 0 Å². The second-order valence-corrected chi connectivity index (χ2v) is 11.0. The highest BCUT2D eigenvalue weighted by molar-refractivity contribution is 5.88. The van der Waals surface area contributed by atoms with Crippen LogP contribution >= 0.6 is 0 Å². The summed E-state index contributed by atoms with van der Waals surface area (Å²) in [5, 5.41) is 12.3. The molecular weight excluding hydrogens is 472 g/mol. The lowest BCUT2D eigenvalue weighted by atomic mass is 9.53. The van der Waals surface area contributed by atoms with Gasteiger partial charge >= 0.3 is 0 Å². The van der Waals surface area contributed by atoms with Gasteiger partial charge in [0.05, 0.1) is 6.10 Å². The summed E-state index contributed by atoms with van der Waals surface area (Å²) in [6.45, 7) is 18.5. The van der Waals surface area contributed by atoms with Crippen molar-refractivity contribution >= 4 is 12.2 Å². The predicted molar refractivity (Wildman–Crippen MR) is 162 cm³/mol. The van der Waals surface area contributed by atoms with Crippen LogP contribution in [0.15, 0.2) is 35.0 Å². The zero-order chi connectivity index (χ0) is 28.9. The minimum absolute atomic E-state index is 0.365. The first-order chi connectivity index (χ1) is 18.2. The molecule has 2 N–H and O–H groups in total. The zero-order valence-corrected chi connectivity index (χ0v) is 25.9. The minimum atomic E-state index is 0.365. The summed E-state index contributed by atoms with van der Waals surface area (Å²) in [5.74, 6) is 4.17. The fraction of sp³-hybridized carbons (Fsp3) is 0.697. The molecule has 3 aliphatic carbocycles. The third kappa shape index (κ3) is 8.18. The van der Waals surface area contributed by atoms with Gasteiger partial charge in [0, 0.05) is 13.3 Å². The van der Waals surface area contributed by atoms with Gasteiger partial charge in [-0.2, -0.15) is 0 Å². The number of hydrogen-bond donors (Lipinski definition) is 2. The Labute approximate surface area is 233 Å². The van der Waals surface area contributed by atoms with Gasteiger partial charge in [-0.15, -0.1) is 0 Å². The number of carbonyl (C=O) groups is 1. The van der Waals surface area contributed by atoms with Crippen molar-refractivity contribution < 1.29 is 14.6 Å². The number of amidine groups is 1. The molecule has 38 heavy (non-hydrogen) atoms. The Balaban J connectivity index is 0.000000438. The van der Waals surface area contributed by atoms with Crippen LogP contribution in [0.25, 0.3) is 0 Å². The number of nitrogens with zero attached hydrogens (tertiary/aromatic N) is 1. The van der Waals surface area contributed by atoms with Crippen LogP contribution in [0.1, 0.15) is 118 Å². The van der Waals surface area contributed by atoms with Gasteiger partial charge in [-0.1, -0.05) is 66.0 Å². The second kappa shape index (κ2) is 16.7. The van der Waals surface area contributed by atoms with Crippen LogP contribution in [0.4, 0.5) is 0 Å². The maximum Gasteiger partial charge on any atom is 0.212 e. The highest BCUT2D eigenvalue weighted by atomic mass is 16.5. The number of allylic oxidation sites excluding steroid dienone is 1. The van der Waals surface area contributed by atoms with Crippen molar-refractivity contribution in [3.63, 3.8) is 0 Å². The van der Waals surface area contributed by atoms with Crippen molar-refractivity contribution in [1.29, 1.82) is 0 Å². The molecule has 0 heterocycles. The molecule has 0 bridgehead atoms. The number of aliphatic imine (C=N–C) groups is 1. The quantitative estimate of drug-likeness (QED) is 0.229. The highest BCUT2D eigenvalue weighted by Gasteiger charge is 2.58. The molecular formula is C33H56N2O3. The van der Waals surface area contributed by atoms with Crippen LogP contribution in [0.2, 0.25) is 0 Å². The van der Waals surface area contributed by atoms with Crippen LogP contribution < -0.4 is 5.32 Å². The van der Waals surface area contributed by atoms with Gasteiger partial charge in [0.2, 0.25) is 6.41 Å². The van der Waals surface area contributed by atoms with Crippen molar-refractivity contribution in [1.82, 2.24) is 5.32 Å². The Morgan fingerprint density at radius 3 is 2.45 bits per heavy atom. The zero-order valence-electron chi connectivity index (χ0n) is 25.9. The lowest BCUT2D eigenvalue weighted by molar-refractivity contribution is -0.108. The highest BCUT2D eigenvalue weighted by Crippen LogP contribution is 2.64. The molecule has 0 saturated heterocycles. The smallest absolute Gasteiger partial charge is 0.212 e. The largest absolute Gasteiger partial charge is 0.508 e. The third-order valence-corrected chi connectivity index (χ3v) is 8.50. The first-order valence-corrected chi connectivity index (χ1v) is 15.0. The number of methoxy groups -OCH3 is 1. The number of ether oxygens (including phenoxy) is 1. The Morgan fingerprint density at radius 1 is 1.18 bits per heavy atom. The van der Waals surface area contributed by atoms with E-state index in [4.69, 9.17) is 4.74 Å². The van der Waals surface area contributed by atoms with Crippen molar-refractivity contribution in [2.45, 2.75) is 119 Å². The summed E-state index contributed by atoms with van der Waals surface area (Å²) < 4.78 is 5.99. The third-order valence-electron chi connectivity index (χ3n) is 8.50. The molecule has 5 heteroatoms. The second-order valence-electron chi connectivity index (χ2n) is 11.0. The summed E-state index contributed by atoms with van der Waals surface area (Å²) in [7, 11) is 1.92. The Morgan fingerprint density at radius 2 is 1.87 bits per heavy atom. The van der Waals surface area contributed by atoms with E-state index in [2.05, 4.69) is 30.2 Å². The number of carbonyl (C=O) groups excluding carboxylic acids is 1. The van der Waals surface area contributed by atoms with Crippen molar-refractivity contribution in [2.24, 2.45) is 28.2 Å². The molecule has 0 aliphatic heterocycles. The molecule has 4 rings (SSSR count). The summed E-state index contributed by atoms with van der Waals surface area (Å²) in [5.41, 5.74) is 4.40. The average molecular weight is 529 g/mol. The monoisotopic (exact) mass is 528 g/mol. The number of rotatable bonds is 5. The molecule has 0 spiro atoms. The minimum Gasteiger partial charge on any atom is -0.508 e. The molecule has 2 saturated carbocycles. The number of phenolic OH excluding ortho intramolecular Hbond substituents is 1. The Hall–Kier alpha value is -2.14. The van der Waals surface area contributed by atoms with E-state index in [1.54, 1.807) is 13.1 Å². The number of phenols is 1. The molecule has 3 aliphatic rings. The normalized spacial score (nSPS) is 28.8. The summed E-state index contributed by atoms with van der Waals surface area (Å²) in [6, 6.07) is 6.11. The molecule has 1 aromatic carbocycles. The van der Waals surface area contributed by atoms with Gasteiger partial charge < -0.3 is 15.2 Å². The van der Waals surface area contributed by atoms with Crippen LogP contribution in [0.5, 0.6) is 5.75 Å². The SMILES string of the molecule is CC.CC.CC(C)=CN=C(C)NC=O.CCCC1CC(OC)C2(C)CCC3c4ccc(O)cc4CCC3C12. The lowest BCUT2D eigenvalue weighted by Gasteiger charge is -2.52. The molecule has 2 fully saturated rings. The molecule has 6 atom stereocenters. The fourth-order valence-corrected chi connectivity index (χ4v) is 7.18. The van der Waals surface area contributed by atoms with E-state index in [0.29, 0.717) is 35.4 Å². The number of aromatic hydroxyl groups is 1. The number of aryl methyl sites for hydroxylation is 1. The first-order valence-electron chi connectivity index (χ1n) is 15.0. The average Bonchev–Trinajstić information content (AvgIpc) is 3.21. The van der Waals surface area contributed by atoms with Gasteiger partial charge in [-0.3, -0.25) is 4.79 Å². The van der Waals surface area contributed by atoms with Gasteiger partial charge in [0.1, 0.15) is 11.6 Å². The Kier molecular flexibility index (Phi) is 14.9. The summed E-state index contributed by atoms with van der Waals surface area (Å²) in [6.07, 6.45) is 11.7. The lowest BCUT2D eigenvalue weighted by Crippen LogP contribution is -2.45. The van der Waals surface area contributed by atoms with Crippen LogP contribution in [0, 0.1) is 23.2 Å².